The minimum Gasteiger partial charge on any atom is -0.357 e. The molecule has 0 N–H and O–H groups in total. The lowest BCUT2D eigenvalue weighted by Crippen LogP contribution is -2.38. The molecule has 1 amide bonds. The van der Waals surface area contributed by atoms with Crippen molar-refractivity contribution in [1.29, 1.82) is 0 Å². The predicted molar refractivity (Wildman–Crippen MR) is 82.6 cm³/mol. The first-order valence-electron chi connectivity index (χ1n) is 7.51. The quantitative estimate of drug-likeness (QED) is 0.797. The van der Waals surface area contributed by atoms with E-state index in [9.17, 15) is 13.2 Å². The number of carbonyl (C=O) groups is 1. The number of rotatable bonds is 3. The summed E-state index contributed by atoms with van der Waals surface area (Å²) in [6, 6.07) is 1.44. The van der Waals surface area contributed by atoms with Crippen LogP contribution in [0.25, 0.3) is 0 Å². The van der Waals surface area contributed by atoms with E-state index < -0.39 is 9.84 Å². The van der Waals surface area contributed by atoms with Crippen LogP contribution in [0.4, 0.5) is 5.82 Å². The van der Waals surface area contributed by atoms with Gasteiger partial charge in [-0.3, -0.25) is 4.79 Å². The number of sulfone groups is 1. The Balaban J connectivity index is 1.75. The second-order valence-electron chi connectivity index (χ2n) is 5.93. The number of hydrogen-bond donors (Lipinski definition) is 0. The molecule has 3 heterocycles. The standard InChI is InChI=1S/C14H20N4O3S/c1-17(11-4-7-22(20,21)9-11)14(19)12-8-13(16-10-15-12)18-5-2-3-6-18/h8,10-11H,2-7,9H2,1H3. The monoisotopic (exact) mass is 324 g/mol. The lowest BCUT2D eigenvalue weighted by Gasteiger charge is -2.23. The molecule has 22 heavy (non-hydrogen) atoms. The summed E-state index contributed by atoms with van der Waals surface area (Å²) in [7, 11) is -1.37. The molecule has 2 aliphatic rings. The van der Waals surface area contributed by atoms with E-state index in [4.69, 9.17) is 0 Å². The zero-order chi connectivity index (χ0) is 15.7. The van der Waals surface area contributed by atoms with Crippen LogP contribution in [0.2, 0.25) is 0 Å². The minimum atomic E-state index is -3.01. The highest BCUT2D eigenvalue weighted by Crippen LogP contribution is 2.21. The topological polar surface area (TPSA) is 83.5 Å². The summed E-state index contributed by atoms with van der Waals surface area (Å²) in [5.74, 6) is 0.713. The molecule has 0 aliphatic carbocycles. The number of aromatic nitrogens is 2. The highest BCUT2D eigenvalue weighted by atomic mass is 32.2. The lowest BCUT2D eigenvalue weighted by molar-refractivity contribution is 0.0741. The SMILES string of the molecule is CN(C(=O)c1cc(N2CCCC2)ncn1)C1CCS(=O)(=O)C1. The Morgan fingerprint density at radius 1 is 1.32 bits per heavy atom. The average molecular weight is 324 g/mol. The largest absolute Gasteiger partial charge is 0.357 e. The van der Waals surface area contributed by atoms with Crippen molar-refractivity contribution in [1.82, 2.24) is 14.9 Å². The van der Waals surface area contributed by atoms with E-state index in [1.165, 1.54) is 11.2 Å². The third-order valence-corrected chi connectivity index (χ3v) is 6.13. The maximum Gasteiger partial charge on any atom is 0.272 e. The van der Waals surface area contributed by atoms with Crippen molar-refractivity contribution in [2.45, 2.75) is 25.3 Å². The molecule has 3 rings (SSSR count). The van der Waals surface area contributed by atoms with Crippen LogP contribution in [0.5, 0.6) is 0 Å². The molecule has 2 fully saturated rings. The highest BCUT2D eigenvalue weighted by molar-refractivity contribution is 7.91. The van der Waals surface area contributed by atoms with Crippen molar-refractivity contribution in [2.24, 2.45) is 0 Å². The molecule has 2 aliphatic heterocycles. The third kappa shape index (κ3) is 3.06. The number of nitrogens with zero attached hydrogens (tertiary/aromatic N) is 4. The second kappa shape index (κ2) is 5.83. The molecule has 8 heteroatoms. The van der Waals surface area contributed by atoms with Crippen LogP contribution in [0.15, 0.2) is 12.4 Å². The first-order chi connectivity index (χ1) is 10.5. The van der Waals surface area contributed by atoms with Crippen molar-refractivity contribution in [2.75, 3.05) is 36.5 Å². The van der Waals surface area contributed by atoms with E-state index >= 15 is 0 Å². The minimum absolute atomic E-state index is 0.0410. The van der Waals surface area contributed by atoms with Crippen LogP contribution in [0, 0.1) is 0 Å². The van der Waals surface area contributed by atoms with Crippen molar-refractivity contribution < 1.29 is 13.2 Å². The Hall–Kier alpha value is -1.70. The van der Waals surface area contributed by atoms with Crippen LogP contribution >= 0.6 is 0 Å². The van der Waals surface area contributed by atoms with Crippen LogP contribution < -0.4 is 4.90 Å². The van der Waals surface area contributed by atoms with Gasteiger partial charge < -0.3 is 9.80 Å². The van der Waals surface area contributed by atoms with E-state index in [-0.39, 0.29) is 23.5 Å². The molecule has 1 aromatic heterocycles. The molecule has 1 aromatic rings. The molecule has 2 saturated heterocycles. The van der Waals surface area contributed by atoms with Gasteiger partial charge in [-0.15, -0.1) is 0 Å². The zero-order valence-electron chi connectivity index (χ0n) is 12.6. The Kier molecular flexibility index (Phi) is 4.03. The van der Waals surface area contributed by atoms with Crippen molar-refractivity contribution >= 4 is 21.6 Å². The molecule has 0 radical (unpaired) electrons. The Bertz CT molecular complexity index is 670. The van der Waals surface area contributed by atoms with E-state index in [0.717, 1.165) is 31.7 Å². The first-order valence-corrected chi connectivity index (χ1v) is 9.33. The van der Waals surface area contributed by atoms with Gasteiger partial charge in [0.15, 0.2) is 9.84 Å². The zero-order valence-corrected chi connectivity index (χ0v) is 13.4. The Morgan fingerprint density at radius 2 is 2.05 bits per heavy atom. The van der Waals surface area contributed by atoms with Gasteiger partial charge in [-0.25, -0.2) is 18.4 Å². The Morgan fingerprint density at radius 3 is 2.68 bits per heavy atom. The van der Waals surface area contributed by atoms with Gasteiger partial charge in [-0.05, 0) is 19.3 Å². The van der Waals surface area contributed by atoms with Gasteiger partial charge >= 0.3 is 0 Å². The van der Waals surface area contributed by atoms with Gasteiger partial charge in [-0.2, -0.15) is 0 Å². The smallest absolute Gasteiger partial charge is 0.272 e. The van der Waals surface area contributed by atoms with Gasteiger partial charge in [0, 0.05) is 32.2 Å². The normalized spacial score (nSPS) is 23.7. The maximum absolute atomic E-state index is 12.5. The maximum atomic E-state index is 12.5. The van der Waals surface area contributed by atoms with Gasteiger partial charge in [0.05, 0.1) is 11.5 Å². The molecular formula is C14H20N4O3S. The van der Waals surface area contributed by atoms with Gasteiger partial charge in [0.2, 0.25) is 0 Å². The molecule has 0 aromatic carbocycles. The van der Waals surface area contributed by atoms with Crippen LogP contribution in [-0.2, 0) is 9.84 Å². The molecule has 120 valence electrons. The second-order valence-corrected chi connectivity index (χ2v) is 8.16. The lowest BCUT2D eigenvalue weighted by atomic mass is 10.2. The molecule has 0 spiro atoms. The van der Waals surface area contributed by atoms with E-state index in [1.807, 2.05) is 0 Å². The summed E-state index contributed by atoms with van der Waals surface area (Å²) in [6.45, 7) is 1.89. The molecule has 7 nitrogen and oxygen atoms in total. The van der Waals surface area contributed by atoms with Gasteiger partial charge in [0.25, 0.3) is 5.91 Å². The van der Waals surface area contributed by atoms with Crippen LogP contribution in [-0.4, -0.2) is 66.9 Å². The predicted octanol–water partition coefficient (Wildman–Crippen LogP) is 0.336. The molecule has 1 atom stereocenters. The summed E-state index contributed by atoms with van der Waals surface area (Å²) in [6.07, 6.45) is 4.16. The molecular weight excluding hydrogens is 304 g/mol. The summed E-state index contributed by atoms with van der Waals surface area (Å²) in [5, 5.41) is 0. The van der Waals surface area contributed by atoms with Gasteiger partial charge in [-0.1, -0.05) is 0 Å². The summed E-state index contributed by atoms with van der Waals surface area (Å²) in [5.41, 5.74) is 0.323. The van der Waals surface area contributed by atoms with Crippen LogP contribution in [0.3, 0.4) is 0 Å². The number of carbonyl (C=O) groups excluding carboxylic acids is 1. The van der Waals surface area contributed by atoms with E-state index in [1.54, 1.807) is 13.1 Å². The number of anilines is 1. The molecule has 0 bridgehead atoms. The summed E-state index contributed by atoms with van der Waals surface area (Å²) < 4.78 is 23.1. The van der Waals surface area contributed by atoms with E-state index in [2.05, 4.69) is 14.9 Å². The van der Waals surface area contributed by atoms with Crippen LogP contribution in [0.1, 0.15) is 29.8 Å². The fraction of sp³-hybridized carbons (Fsp3) is 0.643. The summed E-state index contributed by atoms with van der Waals surface area (Å²) in [4.78, 5) is 24.5. The van der Waals surface area contributed by atoms with Crippen molar-refractivity contribution in [3.8, 4) is 0 Å². The van der Waals surface area contributed by atoms with Crippen molar-refractivity contribution in [3.63, 3.8) is 0 Å². The fourth-order valence-corrected chi connectivity index (χ4v) is 4.78. The summed E-state index contributed by atoms with van der Waals surface area (Å²) >= 11 is 0. The number of amides is 1. The number of hydrogen-bond acceptors (Lipinski definition) is 6. The molecule has 1 unspecified atom stereocenters. The average Bonchev–Trinajstić information content (AvgIpc) is 3.15. The van der Waals surface area contributed by atoms with E-state index in [0.29, 0.717) is 12.1 Å². The molecule has 0 saturated carbocycles. The van der Waals surface area contributed by atoms with Gasteiger partial charge in [0.1, 0.15) is 17.8 Å². The van der Waals surface area contributed by atoms with Crippen molar-refractivity contribution in [3.05, 3.63) is 18.1 Å². The highest BCUT2D eigenvalue weighted by Gasteiger charge is 2.33. The first kappa shape index (κ1) is 15.2. The Labute approximate surface area is 130 Å². The fourth-order valence-electron chi connectivity index (χ4n) is 3.01. The third-order valence-electron chi connectivity index (χ3n) is 4.38.